The Balaban J connectivity index is 2.70. The van der Waals surface area contributed by atoms with Gasteiger partial charge in [0.1, 0.15) is 11.6 Å². The van der Waals surface area contributed by atoms with Crippen molar-refractivity contribution in [3.8, 4) is 0 Å². The number of nitrogens with two attached hydrogens (primary N) is 1. The lowest BCUT2D eigenvalue weighted by Gasteiger charge is -2.14. The lowest BCUT2D eigenvalue weighted by molar-refractivity contribution is -0.136. The smallest absolute Gasteiger partial charge is 0.324 e. The Hall–Kier alpha value is -1.17. The molecule has 0 aliphatic heterocycles. The number of halogens is 5. The highest BCUT2D eigenvalue weighted by Crippen LogP contribution is 2.27. The summed E-state index contributed by atoms with van der Waals surface area (Å²) < 4.78 is 61.3. The van der Waals surface area contributed by atoms with Crippen molar-refractivity contribution in [2.24, 2.45) is 5.73 Å². The van der Waals surface area contributed by atoms with E-state index in [-0.39, 0.29) is 5.56 Å². The van der Waals surface area contributed by atoms with E-state index in [1.807, 2.05) is 0 Å². The minimum Gasteiger partial charge on any atom is -0.324 e. The van der Waals surface area contributed by atoms with Crippen molar-refractivity contribution in [2.75, 3.05) is 0 Å². The van der Waals surface area contributed by atoms with E-state index in [1.165, 1.54) is 0 Å². The van der Waals surface area contributed by atoms with Gasteiger partial charge in [-0.2, -0.15) is 13.2 Å². The van der Waals surface area contributed by atoms with Gasteiger partial charge in [-0.25, -0.2) is 8.78 Å². The summed E-state index contributed by atoms with van der Waals surface area (Å²) in [5.41, 5.74) is 5.28. The predicted octanol–water partition coefficient (Wildman–Crippen LogP) is 3.31. The number of alkyl halides is 3. The lowest BCUT2D eigenvalue weighted by atomic mass is 10.0. The third-order valence-electron chi connectivity index (χ3n) is 2.10. The van der Waals surface area contributed by atoms with Gasteiger partial charge in [-0.15, -0.1) is 0 Å². The van der Waals surface area contributed by atoms with Gasteiger partial charge in [0.2, 0.25) is 0 Å². The molecule has 0 heterocycles. The molecule has 1 aromatic carbocycles. The Kier molecular flexibility index (Phi) is 3.85. The Morgan fingerprint density at radius 2 is 1.81 bits per heavy atom. The van der Waals surface area contributed by atoms with Gasteiger partial charge < -0.3 is 5.73 Å². The summed E-state index contributed by atoms with van der Waals surface area (Å²) in [6, 6.07) is 1.54. The fraction of sp³-hybridized carbons (Fsp3) is 0.400. The molecule has 1 aromatic rings. The van der Waals surface area contributed by atoms with Crippen LogP contribution in [0.4, 0.5) is 22.0 Å². The maximum Gasteiger partial charge on any atom is 0.389 e. The molecule has 0 fully saturated rings. The topological polar surface area (TPSA) is 26.0 Å². The Labute approximate surface area is 89.1 Å². The molecule has 0 spiro atoms. The first-order chi connectivity index (χ1) is 7.29. The van der Waals surface area contributed by atoms with E-state index in [9.17, 15) is 22.0 Å². The van der Waals surface area contributed by atoms with Crippen LogP contribution in [0.5, 0.6) is 0 Å². The average Bonchev–Trinajstić information content (AvgIpc) is 2.13. The highest BCUT2D eigenvalue weighted by atomic mass is 19.4. The van der Waals surface area contributed by atoms with Crippen LogP contribution in [0, 0.1) is 11.6 Å². The molecule has 0 aliphatic carbocycles. The molecule has 6 heteroatoms. The SMILES string of the molecule is N[C@H](CCC(F)(F)F)c1ccc(F)cc1F. The summed E-state index contributed by atoms with van der Waals surface area (Å²) in [6.07, 6.45) is -5.84. The molecular formula is C10H10F5N. The maximum atomic E-state index is 13.1. The third-order valence-corrected chi connectivity index (χ3v) is 2.10. The van der Waals surface area contributed by atoms with E-state index in [4.69, 9.17) is 5.73 Å². The van der Waals surface area contributed by atoms with Crippen LogP contribution in [0.1, 0.15) is 24.4 Å². The van der Waals surface area contributed by atoms with Crippen molar-refractivity contribution >= 4 is 0 Å². The van der Waals surface area contributed by atoms with Gasteiger partial charge in [0.05, 0.1) is 0 Å². The van der Waals surface area contributed by atoms with Gasteiger partial charge in [0, 0.05) is 24.1 Å². The quantitative estimate of drug-likeness (QED) is 0.804. The zero-order valence-electron chi connectivity index (χ0n) is 8.19. The van der Waals surface area contributed by atoms with Gasteiger partial charge in [0.25, 0.3) is 0 Å². The van der Waals surface area contributed by atoms with Gasteiger partial charge in [-0.3, -0.25) is 0 Å². The van der Waals surface area contributed by atoms with Crippen LogP contribution in [0.2, 0.25) is 0 Å². The third kappa shape index (κ3) is 3.77. The fourth-order valence-corrected chi connectivity index (χ4v) is 1.28. The molecule has 0 radical (unpaired) electrons. The summed E-state index contributed by atoms with van der Waals surface area (Å²) in [5, 5.41) is 0. The lowest BCUT2D eigenvalue weighted by Crippen LogP contribution is -2.17. The molecule has 2 N–H and O–H groups in total. The zero-order valence-corrected chi connectivity index (χ0v) is 8.19. The zero-order chi connectivity index (χ0) is 12.3. The Morgan fingerprint density at radius 3 is 2.31 bits per heavy atom. The molecule has 0 unspecified atom stereocenters. The minimum atomic E-state index is -4.33. The number of hydrogen-bond donors (Lipinski definition) is 1. The fourth-order valence-electron chi connectivity index (χ4n) is 1.28. The summed E-state index contributed by atoms with van der Waals surface area (Å²) in [6.45, 7) is 0. The van der Waals surface area contributed by atoms with Crippen molar-refractivity contribution in [1.82, 2.24) is 0 Å². The molecule has 0 saturated carbocycles. The van der Waals surface area contributed by atoms with Crippen molar-refractivity contribution in [3.63, 3.8) is 0 Å². The van der Waals surface area contributed by atoms with Crippen LogP contribution in [-0.2, 0) is 0 Å². The summed E-state index contributed by atoms with van der Waals surface area (Å²) in [4.78, 5) is 0. The first kappa shape index (κ1) is 12.9. The number of benzene rings is 1. The Morgan fingerprint density at radius 1 is 1.19 bits per heavy atom. The first-order valence-corrected chi connectivity index (χ1v) is 4.57. The second-order valence-electron chi connectivity index (χ2n) is 3.43. The van der Waals surface area contributed by atoms with Crippen LogP contribution in [-0.4, -0.2) is 6.18 Å². The minimum absolute atomic E-state index is 0.106. The van der Waals surface area contributed by atoms with Crippen molar-refractivity contribution in [2.45, 2.75) is 25.1 Å². The van der Waals surface area contributed by atoms with Crippen LogP contribution in [0.25, 0.3) is 0 Å². The number of rotatable bonds is 3. The first-order valence-electron chi connectivity index (χ1n) is 4.57. The Bertz CT molecular complexity index is 361. The molecule has 1 atom stereocenters. The summed E-state index contributed by atoms with van der Waals surface area (Å²) in [5.74, 6) is -1.71. The molecule has 1 nitrogen and oxygen atoms in total. The van der Waals surface area contributed by atoms with Crippen LogP contribution >= 0.6 is 0 Å². The van der Waals surface area contributed by atoms with Crippen molar-refractivity contribution in [1.29, 1.82) is 0 Å². The maximum absolute atomic E-state index is 13.1. The highest BCUT2D eigenvalue weighted by Gasteiger charge is 2.28. The van der Waals surface area contributed by atoms with E-state index < -0.39 is 36.7 Å². The highest BCUT2D eigenvalue weighted by molar-refractivity contribution is 5.21. The van der Waals surface area contributed by atoms with E-state index in [0.29, 0.717) is 6.07 Å². The van der Waals surface area contributed by atoms with Gasteiger partial charge in [-0.1, -0.05) is 6.07 Å². The van der Waals surface area contributed by atoms with Crippen molar-refractivity contribution in [3.05, 3.63) is 35.4 Å². The molecule has 16 heavy (non-hydrogen) atoms. The van der Waals surface area contributed by atoms with Crippen molar-refractivity contribution < 1.29 is 22.0 Å². The van der Waals surface area contributed by atoms with E-state index in [1.54, 1.807) is 0 Å². The molecule has 0 aromatic heterocycles. The summed E-state index contributed by atoms with van der Waals surface area (Å²) in [7, 11) is 0. The molecule has 0 amide bonds. The van der Waals surface area contributed by atoms with Crippen LogP contribution < -0.4 is 5.73 Å². The molecule has 0 aliphatic rings. The molecule has 90 valence electrons. The van der Waals surface area contributed by atoms with Gasteiger partial charge in [0.15, 0.2) is 0 Å². The second-order valence-corrected chi connectivity index (χ2v) is 3.43. The van der Waals surface area contributed by atoms with Gasteiger partial charge in [-0.05, 0) is 12.5 Å². The van der Waals surface area contributed by atoms with Gasteiger partial charge >= 0.3 is 6.18 Å². The predicted molar refractivity (Wildman–Crippen MR) is 48.6 cm³/mol. The van der Waals surface area contributed by atoms with E-state index >= 15 is 0 Å². The molecule has 0 bridgehead atoms. The molecule has 0 saturated heterocycles. The van der Waals surface area contributed by atoms with Crippen LogP contribution in [0.15, 0.2) is 18.2 Å². The average molecular weight is 239 g/mol. The largest absolute Gasteiger partial charge is 0.389 e. The standard InChI is InChI=1S/C10H10F5N/c11-6-1-2-7(8(12)5-6)9(16)3-4-10(13,14)15/h1-2,5,9H,3-4,16H2/t9-/m1/s1. The summed E-state index contributed by atoms with van der Waals surface area (Å²) >= 11 is 0. The van der Waals surface area contributed by atoms with E-state index in [2.05, 4.69) is 0 Å². The van der Waals surface area contributed by atoms with Crippen LogP contribution in [0.3, 0.4) is 0 Å². The molecular weight excluding hydrogens is 229 g/mol. The van der Waals surface area contributed by atoms with E-state index in [0.717, 1.165) is 12.1 Å². The monoisotopic (exact) mass is 239 g/mol. The molecule has 1 rings (SSSR count). The number of hydrogen-bond acceptors (Lipinski definition) is 1. The normalized spacial score (nSPS) is 13.9. The second kappa shape index (κ2) is 4.78.